The molecule has 2 N–H and O–H groups in total. The molecular formula is C40H27Cl4F6N9O4S. The van der Waals surface area contributed by atoms with Crippen molar-refractivity contribution in [2.45, 2.75) is 38.7 Å². The van der Waals surface area contributed by atoms with Crippen LogP contribution in [-0.2, 0) is 12.4 Å². The minimum Gasteiger partial charge on any atom is -0.401 e. The second-order valence-electron chi connectivity index (χ2n) is 14.3. The summed E-state index contributed by atoms with van der Waals surface area (Å²) in [5.74, 6) is -0.551. The van der Waals surface area contributed by atoms with E-state index in [2.05, 4.69) is 35.8 Å². The molecule has 7 aromatic rings. The van der Waals surface area contributed by atoms with Gasteiger partial charge in [-0.25, -0.2) is 29.1 Å². The summed E-state index contributed by atoms with van der Waals surface area (Å²) in [5.41, 5.74) is -2.99. The van der Waals surface area contributed by atoms with Gasteiger partial charge in [0.15, 0.2) is 23.0 Å². The van der Waals surface area contributed by atoms with Gasteiger partial charge in [0.05, 0.1) is 37.7 Å². The maximum atomic E-state index is 13.4. The third kappa shape index (κ3) is 9.70. The highest BCUT2D eigenvalue weighted by molar-refractivity contribution is 8.00. The van der Waals surface area contributed by atoms with Gasteiger partial charge >= 0.3 is 18.0 Å². The van der Waals surface area contributed by atoms with E-state index in [-0.39, 0.29) is 60.4 Å². The number of fused-ring (bicyclic) bond motifs is 1. The van der Waals surface area contributed by atoms with Gasteiger partial charge in [-0.3, -0.25) is 9.59 Å². The third-order valence-corrected chi connectivity index (χ3v) is 12.0. The number of amides is 2. The van der Waals surface area contributed by atoms with E-state index in [1.165, 1.54) is 54.9 Å². The average molecular weight is 986 g/mol. The van der Waals surface area contributed by atoms with E-state index in [0.717, 1.165) is 20.9 Å². The number of pyridine rings is 2. The molecule has 0 atom stereocenters. The van der Waals surface area contributed by atoms with Crippen molar-refractivity contribution in [3.63, 3.8) is 0 Å². The molecule has 2 amide bonds. The molecule has 1 aliphatic rings. The fraction of sp³-hybridized carbons (Fsp3) is 0.200. The Kier molecular flexibility index (Phi) is 12.8. The topological polar surface area (TPSA) is 163 Å². The number of aromatic nitrogens is 7. The highest BCUT2D eigenvalue weighted by atomic mass is 35.5. The van der Waals surface area contributed by atoms with Crippen LogP contribution < -0.4 is 16.3 Å². The summed E-state index contributed by atoms with van der Waals surface area (Å²) in [7, 11) is 0. The number of anilines is 1. The predicted molar refractivity (Wildman–Crippen MR) is 229 cm³/mol. The number of rotatable bonds is 7. The monoisotopic (exact) mass is 983 g/mol. The van der Waals surface area contributed by atoms with Gasteiger partial charge in [-0.05, 0) is 80.4 Å². The Morgan fingerprint density at radius 2 is 1.34 bits per heavy atom. The molecule has 0 spiro atoms. The number of nitrogens with zero attached hydrogens (tertiary/aromatic N) is 7. The summed E-state index contributed by atoms with van der Waals surface area (Å²) >= 11 is 26.0. The number of alkyl halides is 6. The lowest BCUT2D eigenvalue weighted by Crippen LogP contribution is -2.55. The second kappa shape index (κ2) is 17.7. The van der Waals surface area contributed by atoms with Crippen LogP contribution in [0.1, 0.15) is 50.3 Å². The number of nitrogens with one attached hydrogen (secondary N) is 2. The van der Waals surface area contributed by atoms with Crippen LogP contribution >= 0.6 is 58.2 Å². The Balaban J connectivity index is 0.000000195. The molecule has 5 aromatic heterocycles. The van der Waals surface area contributed by atoms with E-state index in [1.54, 1.807) is 31.7 Å². The maximum absolute atomic E-state index is 13.4. The zero-order valence-corrected chi connectivity index (χ0v) is 36.6. The summed E-state index contributed by atoms with van der Waals surface area (Å²) in [6.07, 6.45) is -6.92. The van der Waals surface area contributed by atoms with E-state index < -0.39 is 52.4 Å². The molecule has 2 aromatic carbocycles. The molecule has 13 nitrogen and oxygen atoms in total. The maximum Gasteiger partial charge on any atom is 0.435 e. The Morgan fingerprint density at radius 1 is 0.781 bits per heavy atom. The quantitative estimate of drug-likeness (QED) is 0.147. The van der Waals surface area contributed by atoms with Gasteiger partial charge in [-0.2, -0.15) is 48.3 Å². The molecule has 0 aliphatic carbocycles. The van der Waals surface area contributed by atoms with E-state index in [4.69, 9.17) is 50.8 Å². The van der Waals surface area contributed by atoms with Crippen LogP contribution in [0.5, 0.6) is 0 Å². The number of halogens is 10. The third-order valence-electron chi connectivity index (χ3n) is 9.26. The summed E-state index contributed by atoms with van der Waals surface area (Å²) in [6.45, 7) is 5.18. The highest BCUT2D eigenvalue weighted by Gasteiger charge is 2.39. The van der Waals surface area contributed by atoms with Crippen LogP contribution in [0, 0.1) is 13.8 Å². The Hall–Kier alpha value is -5.67. The van der Waals surface area contributed by atoms with Gasteiger partial charge in [-0.15, -0.1) is 0 Å². The summed E-state index contributed by atoms with van der Waals surface area (Å²) < 4.78 is 86.9. The SMILES string of the molecule is Cc1cc(Cl)cc(C(=O)NC2(C)CSC2)c1NC(=O)c1cc(C(F)(F)F)nn1-c1ncccc1Cl.Cc1cc(Cl)cc2c(=O)oc(-c3cc(C(F)(F)F)nn3-c3ncccc3Cl)nc12. The van der Waals surface area contributed by atoms with Crippen LogP contribution in [-0.4, -0.2) is 63.4 Å². The number of thioether (sulfide) groups is 1. The van der Waals surface area contributed by atoms with Crippen molar-refractivity contribution >= 4 is 86.6 Å². The summed E-state index contributed by atoms with van der Waals surface area (Å²) in [5, 5.41) is 13.3. The van der Waals surface area contributed by atoms with Gasteiger partial charge in [0.2, 0.25) is 5.89 Å². The fourth-order valence-corrected chi connectivity index (χ4v) is 8.16. The molecule has 0 bridgehead atoms. The van der Waals surface area contributed by atoms with Crippen molar-refractivity contribution in [3.05, 3.63) is 137 Å². The molecule has 6 heterocycles. The molecule has 0 radical (unpaired) electrons. The van der Waals surface area contributed by atoms with Gasteiger partial charge in [0, 0.05) is 46.1 Å². The van der Waals surface area contributed by atoms with Crippen molar-refractivity contribution in [1.82, 2.24) is 39.8 Å². The molecule has 8 rings (SSSR count). The predicted octanol–water partition coefficient (Wildman–Crippen LogP) is 10.5. The van der Waals surface area contributed by atoms with Crippen LogP contribution in [0.4, 0.5) is 32.0 Å². The minimum absolute atomic E-state index is 0.00673. The minimum atomic E-state index is -4.82. The first kappa shape index (κ1) is 46.3. The van der Waals surface area contributed by atoms with Crippen molar-refractivity contribution in [1.29, 1.82) is 0 Å². The lowest BCUT2D eigenvalue weighted by Gasteiger charge is -2.38. The number of aryl methyl sites for hydroxylation is 2. The van der Waals surface area contributed by atoms with Crippen LogP contribution in [0.2, 0.25) is 20.1 Å². The zero-order chi connectivity index (χ0) is 46.5. The molecule has 1 aliphatic heterocycles. The van der Waals surface area contributed by atoms with E-state index in [1.807, 2.05) is 6.92 Å². The average Bonchev–Trinajstić information content (AvgIpc) is 3.86. The van der Waals surface area contributed by atoms with Crippen molar-refractivity contribution in [2.75, 3.05) is 16.8 Å². The number of hydrogen-bond donors (Lipinski definition) is 2. The largest absolute Gasteiger partial charge is 0.435 e. The van der Waals surface area contributed by atoms with Gasteiger partial charge in [0.1, 0.15) is 11.4 Å². The lowest BCUT2D eigenvalue weighted by molar-refractivity contribution is -0.142. The van der Waals surface area contributed by atoms with Gasteiger partial charge in [0.25, 0.3) is 11.8 Å². The lowest BCUT2D eigenvalue weighted by atomic mass is 10.0. The molecule has 332 valence electrons. The van der Waals surface area contributed by atoms with Crippen molar-refractivity contribution in [3.8, 4) is 23.2 Å². The standard InChI is InChI=1S/C22H18Cl2F3N5O2S.C18H9Cl2F3N4O2/c1-11-6-12(23)7-13(19(33)30-21(2)9-35-10-21)17(11)29-20(34)15-8-16(22(25,26)27)31-32(15)18-14(24)4-3-5-28-18;1-8-5-9(19)6-10-14(8)25-16(29-17(10)28)12-7-13(18(21,22)23)26-27(12)15-11(20)3-2-4-24-15/h3-8H,9-10H2,1-2H3,(H,29,34)(H,30,33);2-7H,1H3. The molecule has 64 heavy (non-hydrogen) atoms. The van der Waals surface area contributed by atoms with E-state index in [0.29, 0.717) is 28.3 Å². The molecule has 0 unspecified atom stereocenters. The first-order valence-electron chi connectivity index (χ1n) is 18.2. The Morgan fingerprint density at radius 3 is 1.92 bits per heavy atom. The molecule has 24 heteroatoms. The number of carbonyl (C=O) groups is 2. The van der Waals surface area contributed by atoms with E-state index >= 15 is 0 Å². The van der Waals surface area contributed by atoms with Crippen LogP contribution in [0.3, 0.4) is 0 Å². The molecule has 1 fully saturated rings. The number of benzene rings is 2. The molecular weight excluding hydrogens is 958 g/mol. The highest BCUT2D eigenvalue weighted by Crippen LogP contribution is 2.36. The molecule has 1 saturated heterocycles. The zero-order valence-electron chi connectivity index (χ0n) is 32.8. The molecule has 0 saturated carbocycles. The number of hydrogen-bond acceptors (Lipinski definition) is 10. The van der Waals surface area contributed by atoms with Crippen molar-refractivity contribution in [2.24, 2.45) is 0 Å². The Bertz CT molecular complexity index is 3050. The second-order valence-corrected chi connectivity index (χ2v) is 17.0. The van der Waals surface area contributed by atoms with Gasteiger partial charge in [-0.1, -0.05) is 46.4 Å². The first-order valence-corrected chi connectivity index (χ1v) is 20.9. The number of carbonyl (C=O) groups excluding carboxylic acids is 2. The van der Waals surface area contributed by atoms with Crippen molar-refractivity contribution < 1.29 is 40.3 Å². The summed E-state index contributed by atoms with van der Waals surface area (Å²) in [4.78, 5) is 50.9. The normalized spacial score (nSPS) is 13.5. The summed E-state index contributed by atoms with van der Waals surface area (Å²) in [6, 6.07) is 13.0. The smallest absolute Gasteiger partial charge is 0.401 e. The van der Waals surface area contributed by atoms with Gasteiger partial charge < -0.3 is 15.1 Å². The fourth-order valence-electron chi connectivity index (χ4n) is 6.25. The van der Waals surface area contributed by atoms with E-state index in [9.17, 15) is 40.7 Å². The van der Waals surface area contributed by atoms with Crippen LogP contribution in [0.15, 0.2) is 82.3 Å². The van der Waals surface area contributed by atoms with Crippen LogP contribution in [0.25, 0.3) is 34.1 Å². The first-order chi connectivity index (χ1) is 30.0. The Labute approximate surface area is 381 Å².